The van der Waals surface area contributed by atoms with Crippen molar-refractivity contribution in [2.45, 2.75) is 38.9 Å². The Morgan fingerprint density at radius 2 is 1.67 bits per heavy atom. The summed E-state index contributed by atoms with van der Waals surface area (Å²) < 4.78 is 7.22. The minimum Gasteiger partial charge on any atom is -0.481 e. The molecule has 0 bridgehead atoms. The van der Waals surface area contributed by atoms with Crippen molar-refractivity contribution in [2.24, 2.45) is 0 Å². The highest BCUT2D eigenvalue weighted by molar-refractivity contribution is 6.39. The minimum atomic E-state index is -0.161. The largest absolute Gasteiger partial charge is 0.481 e. The number of methoxy groups -OCH3 is 1. The SMILES string of the molecule is COc1nc(-c2cccc(-c3cccc(-c4cc(C)n5c(=O)c(CNCCO)cnc5c4)c3Cl)c2Cl)ccc1CNC[C@@H]1CCC(=O)N1. The molecule has 1 fully saturated rings. The van der Waals surface area contributed by atoms with Gasteiger partial charge in [-0.05, 0) is 37.1 Å². The zero-order valence-corrected chi connectivity index (χ0v) is 28.2. The van der Waals surface area contributed by atoms with Gasteiger partial charge in [-0.25, -0.2) is 9.97 Å². The molecular weight excluding hydrogens is 651 g/mol. The molecule has 0 radical (unpaired) electrons. The lowest BCUT2D eigenvalue weighted by Gasteiger charge is -2.16. The molecule has 12 heteroatoms. The Balaban J connectivity index is 1.29. The fourth-order valence-corrected chi connectivity index (χ4v) is 6.70. The lowest BCUT2D eigenvalue weighted by molar-refractivity contribution is -0.119. The first kappa shape index (κ1) is 33.6. The number of aliphatic hydroxyl groups is 1. The smallest absolute Gasteiger partial charge is 0.262 e. The maximum absolute atomic E-state index is 13.2. The minimum absolute atomic E-state index is 0.0124. The second kappa shape index (κ2) is 14.8. The first-order valence-corrected chi connectivity index (χ1v) is 16.5. The number of aromatic nitrogens is 3. The number of nitrogens with zero attached hydrogens (tertiary/aromatic N) is 3. The zero-order chi connectivity index (χ0) is 33.8. The number of aliphatic hydroxyl groups excluding tert-OH is 1. The maximum atomic E-state index is 13.2. The van der Waals surface area contributed by atoms with Crippen molar-refractivity contribution in [3.63, 3.8) is 0 Å². The number of hydrogen-bond donors (Lipinski definition) is 4. The summed E-state index contributed by atoms with van der Waals surface area (Å²) in [4.78, 5) is 34.0. The molecule has 1 aliphatic heterocycles. The Morgan fingerprint density at radius 1 is 0.958 bits per heavy atom. The third-order valence-electron chi connectivity index (χ3n) is 8.46. The van der Waals surface area contributed by atoms with E-state index in [0.29, 0.717) is 65.4 Å². The van der Waals surface area contributed by atoms with Crippen molar-refractivity contribution < 1.29 is 14.6 Å². The summed E-state index contributed by atoms with van der Waals surface area (Å²) in [6, 6.07) is 19.3. The molecule has 0 unspecified atom stereocenters. The highest BCUT2D eigenvalue weighted by atomic mass is 35.5. The van der Waals surface area contributed by atoms with Crippen molar-refractivity contribution in [1.82, 2.24) is 30.3 Å². The van der Waals surface area contributed by atoms with Gasteiger partial charge in [0, 0.05) is 78.3 Å². The van der Waals surface area contributed by atoms with Crippen LogP contribution >= 0.6 is 23.2 Å². The maximum Gasteiger partial charge on any atom is 0.262 e. The summed E-state index contributed by atoms with van der Waals surface area (Å²) >= 11 is 14.2. The van der Waals surface area contributed by atoms with E-state index < -0.39 is 0 Å². The lowest BCUT2D eigenvalue weighted by atomic mass is 9.96. The van der Waals surface area contributed by atoms with Crippen molar-refractivity contribution in [3.05, 3.63) is 104 Å². The first-order chi connectivity index (χ1) is 23.3. The van der Waals surface area contributed by atoms with Crippen molar-refractivity contribution >= 4 is 34.8 Å². The molecule has 5 aromatic rings. The molecule has 2 aromatic carbocycles. The number of aryl methyl sites for hydroxylation is 1. The Morgan fingerprint density at radius 3 is 2.38 bits per heavy atom. The van der Waals surface area contributed by atoms with Gasteiger partial charge in [-0.2, -0.15) is 0 Å². The van der Waals surface area contributed by atoms with Gasteiger partial charge in [0.15, 0.2) is 0 Å². The number of halogens is 2. The van der Waals surface area contributed by atoms with Gasteiger partial charge in [-0.3, -0.25) is 14.0 Å². The fourth-order valence-electron chi connectivity index (χ4n) is 6.04. The standard InChI is InChI=1S/C36H36Cl2N6O4/c1-21-15-23(16-31-41-19-24(18-39-13-14-45)36(47)44(21)31)26-5-3-6-27(33(26)37)28-7-4-8-29(34(28)38)30-11-9-22(35(43-30)48-2)17-40-20-25-10-12-32(46)42-25/h3-9,11,15-16,19,25,39-40,45H,10,12-14,17-18,20H2,1-2H3,(H,42,46)/t25-/m0/s1. The van der Waals surface area contributed by atoms with Crippen LogP contribution in [0.25, 0.3) is 39.2 Å². The van der Waals surface area contributed by atoms with Gasteiger partial charge < -0.3 is 25.8 Å². The van der Waals surface area contributed by atoms with E-state index in [4.69, 9.17) is 38.0 Å². The fraction of sp³-hybridized carbons (Fsp3) is 0.278. The van der Waals surface area contributed by atoms with Crippen molar-refractivity contribution in [1.29, 1.82) is 0 Å². The molecule has 48 heavy (non-hydrogen) atoms. The molecule has 1 amide bonds. The van der Waals surface area contributed by atoms with Crippen LogP contribution in [0.4, 0.5) is 0 Å². The molecule has 0 saturated carbocycles. The summed E-state index contributed by atoms with van der Waals surface area (Å²) in [7, 11) is 1.59. The normalized spacial score (nSPS) is 14.4. The number of nitrogens with one attached hydrogen (secondary N) is 3. The van der Waals surface area contributed by atoms with Crippen molar-refractivity contribution in [2.75, 3.05) is 26.8 Å². The first-order valence-electron chi connectivity index (χ1n) is 15.7. The van der Waals surface area contributed by atoms with E-state index in [9.17, 15) is 9.59 Å². The molecule has 0 spiro atoms. The van der Waals surface area contributed by atoms with Crippen LogP contribution in [-0.4, -0.2) is 58.2 Å². The van der Waals surface area contributed by atoms with Crippen LogP contribution in [0, 0.1) is 6.92 Å². The van der Waals surface area contributed by atoms with E-state index >= 15 is 0 Å². The zero-order valence-electron chi connectivity index (χ0n) is 26.6. The third-order valence-corrected chi connectivity index (χ3v) is 9.28. The van der Waals surface area contributed by atoms with Crippen LogP contribution in [0.15, 0.2) is 71.7 Å². The number of pyridine rings is 2. The predicted molar refractivity (Wildman–Crippen MR) is 189 cm³/mol. The molecule has 3 aromatic heterocycles. The lowest BCUT2D eigenvalue weighted by Crippen LogP contribution is -2.35. The quantitative estimate of drug-likeness (QED) is 0.132. The van der Waals surface area contributed by atoms with Gasteiger partial charge in [0.25, 0.3) is 5.56 Å². The van der Waals surface area contributed by atoms with E-state index in [1.165, 1.54) is 0 Å². The van der Waals surface area contributed by atoms with E-state index in [1.807, 2.05) is 67.6 Å². The number of amides is 1. The summed E-state index contributed by atoms with van der Waals surface area (Å²) in [5.41, 5.74) is 6.95. The Bertz CT molecular complexity index is 2050. The molecule has 4 N–H and O–H groups in total. The molecule has 10 nitrogen and oxygen atoms in total. The number of rotatable bonds is 12. The van der Waals surface area contributed by atoms with Crippen molar-refractivity contribution in [3.8, 4) is 39.4 Å². The number of carbonyl (C=O) groups is 1. The van der Waals surface area contributed by atoms with Gasteiger partial charge in [0.05, 0.1) is 35.0 Å². The van der Waals surface area contributed by atoms with Crippen LogP contribution in [-0.2, 0) is 17.9 Å². The van der Waals surface area contributed by atoms with E-state index in [-0.39, 0.29) is 24.1 Å². The van der Waals surface area contributed by atoms with Gasteiger partial charge in [-0.1, -0.05) is 65.7 Å². The number of fused-ring (bicyclic) bond motifs is 1. The molecule has 0 aliphatic carbocycles. The Kier molecular flexibility index (Phi) is 10.4. The number of hydrogen-bond acceptors (Lipinski definition) is 8. The average Bonchev–Trinajstić information content (AvgIpc) is 3.50. The van der Waals surface area contributed by atoms with Gasteiger partial charge >= 0.3 is 0 Å². The molecular formula is C36H36Cl2N6O4. The topological polar surface area (TPSA) is 130 Å². The Hall–Kier alpha value is -4.32. The van der Waals surface area contributed by atoms with Crippen LogP contribution < -0.4 is 26.2 Å². The van der Waals surface area contributed by atoms with Crippen LogP contribution in [0.5, 0.6) is 5.88 Å². The van der Waals surface area contributed by atoms with Gasteiger partial charge in [-0.15, -0.1) is 0 Å². The van der Waals surface area contributed by atoms with Gasteiger partial charge in [0.1, 0.15) is 5.65 Å². The van der Waals surface area contributed by atoms with Crippen LogP contribution in [0.2, 0.25) is 10.0 Å². The summed E-state index contributed by atoms with van der Waals surface area (Å²) in [6.07, 6.45) is 2.96. The summed E-state index contributed by atoms with van der Waals surface area (Å²) in [5.74, 6) is 0.583. The summed E-state index contributed by atoms with van der Waals surface area (Å²) in [5, 5.41) is 19.4. The second-order valence-corrected chi connectivity index (χ2v) is 12.5. The molecule has 1 aliphatic rings. The van der Waals surface area contributed by atoms with Crippen LogP contribution in [0.3, 0.4) is 0 Å². The third kappa shape index (κ3) is 6.94. The molecule has 1 saturated heterocycles. The van der Waals surface area contributed by atoms with Crippen LogP contribution in [0.1, 0.15) is 29.7 Å². The van der Waals surface area contributed by atoms with E-state index in [0.717, 1.165) is 45.5 Å². The number of carbonyl (C=O) groups excluding carboxylic acids is 1. The van der Waals surface area contributed by atoms with E-state index in [1.54, 1.807) is 17.7 Å². The second-order valence-electron chi connectivity index (χ2n) is 11.7. The number of ether oxygens (including phenoxy) is 1. The average molecular weight is 688 g/mol. The molecule has 6 rings (SSSR count). The highest BCUT2D eigenvalue weighted by Gasteiger charge is 2.21. The van der Waals surface area contributed by atoms with Gasteiger partial charge in [0.2, 0.25) is 11.8 Å². The predicted octanol–water partition coefficient (Wildman–Crippen LogP) is 5.16. The monoisotopic (exact) mass is 686 g/mol. The Labute approximate surface area is 288 Å². The number of benzene rings is 2. The molecule has 1 atom stereocenters. The van der Waals surface area contributed by atoms with E-state index in [2.05, 4.69) is 20.9 Å². The molecule has 248 valence electrons. The molecule has 4 heterocycles. The highest BCUT2D eigenvalue weighted by Crippen LogP contribution is 2.42. The summed E-state index contributed by atoms with van der Waals surface area (Å²) in [6.45, 7) is 3.77.